The van der Waals surface area contributed by atoms with Crippen LogP contribution in [-0.4, -0.2) is 27.4 Å². The summed E-state index contributed by atoms with van der Waals surface area (Å²) in [7, 11) is 0. The molecule has 0 radical (unpaired) electrons. The van der Waals surface area contributed by atoms with Crippen molar-refractivity contribution in [1.82, 2.24) is 9.55 Å². The van der Waals surface area contributed by atoms with Gasteiger partial charge in [-0.15, -0.1) is 0 Å². The zero-order valence-corrected chi connectivity index (χ0v) is 18.8. The Kier molecular flexibility index (Phi) is 6.88. The van der Waals surface area contributed by atoms with Gasteiger partial charge in [-0.2, -0.15) is 13.2 Å². The van der Waals surface area contributed by atoms with Crippen LogP contribution in [0.4, 0.5) is 23.8 Å². The van der Waals surface area contributed by atoms with Crippen LogP contribution in [0.1, 0.15) is 58.2 Å². The number of ether oxygens (including phenoxy) is 1. The first-order valence-corrected chi connectivity index (χ1v) is 10.7. The van der Waals surface area contributed by atoms with Gasteiger partial charge < -0.3 is 4.74 Å². The summed E-state index contributed by atoms with van der Waals surface area (Å²) in [6.07, 6.45) is -4.67. The van der Waals surface area contributed by atoms with Gasteiger partial charge in [0.05, 0.1) is 11.6 Å². The SMILES string of the molecule is CC(C)(C)OC(=O)Nc1cc(=O)n(-c2ccc(Cl)cc2)c([C@H]2CC[C@@H](C(F)(F)F)CC2)n1. The van der Waals surface area contributed by atoms with E-state index in [0.717, 1.165) is 6.07 Å². The van der Waals surface area contributed by atoms with Crippen molar-refractivity contribution in [2.24, 2.45) is 5.92 Å². The molecule has 3 rings (SSSR count). The van der Waals surface area contributed by atoms with Crippen molar-refractivity contribution in [1.29, 1.82) is 0 Å². The molecule has 10 heteroatoms. The molecule has 1 aromatic heterocycles. The summed E-state index contributed by atoms with van der Waals surface area (Å²) in [6, 6.07) is 7.65. The van der Waals surface area contributed by atoms with Crippen LogP contribution in [0.2, 0.25) is 5.02 Å². The van der Waals surface area contributed by atoms with Gasteiger partial charge in [0, 0.05) is 17.0 Å². The highest BCUT2D eigenvalue weighted by Crippen LogP contribution is 2.42. The molecule has 0 bridgehead atoms. The lowest BCUT2D eigenvalue weighted by Crippen LogP contribution is -2.32. The van der Waals surface area contributed by atoms with Crippen molar-refractivity contribution >= 4 is 23.5 Å². The van der Waals surface area contributed by atoms with E-state index in [1.807, 2.05) is 0 Å². The Labute approximate surface area is 188 Å². The summed E-state index contributed by atoms with van der Waals surface area (Å²) < 4.78 is 45.9. The normalized spacial score (nSPS) is 19.5. The Balaban J connectivity index is 1.97. The molecule has 0 atom stereocenters. The number of benzene rings is 1. The number of rotatable bonds is 3. The smallest absolute Gasteiger partial charge is 0.413 e. The maximum absolute atomic E-state index is 13.1. The van der Waals surface area contributed by atoms with Crippen molar-refractivity contribution in [2.45, 2.75) is 64.1 Å². The van der Waals surface area contributed by atoms with Gasteiger partial charge in [0.25, 0.3) is 5.56 Å². The minimum Gasteiger partial charge on any atom is -0.444 e. The molecular formula is C22H25ClF3N3O3. The fourth-order valence-corrected chi connectivity index (χ4v) is 3.90. The van der Waals surface area contributed by atoms with Crippen molar-refractivity contribution in [3.8, 4) is 5.69 Å². The summed E-state index contributed by atoms with van der Waals surface area (Å²) in [4.78, 5) is 29.6. The lowest BCUT2D eigenvalue weighted by molar-refractivity contribution is -0.182. The minimum absolute atomic E-state index is 0.0117. The van der Waals surface area contributed by atoms with Crippen LogP contribution < -0.4 is 10.9 Å². The Morgan fingerprint density at radius 3 is 2.25 bits per heavy atom. The molecule has 1 amide bonds. The highest BCUT2D eigenvalue weighted by molar-refractivity contribution is 6.30. The van der Waals surface area contributed by atoms with Crippen molar-refractivity contribution in [2.75, 3.05) is 5.32 Å². The zero-order valence-electron chi connectivity index (χ0n) is 18.0. The highest BCUT2D eigenvalue weighted by Gasteiger charge is 2.42. The van der Waals surface area contributed by atoms with Gasteiger partial charge in [-0.1, -0.05) is 11.6 Å². The number of nitrogens with zero attached hydrogens (tertiary/aromatic N) is 2. The second-order valence-electron chi connectivity index (χ2n) is 8.87. The van der Waals surface area contributed by atoms with Gasteiger partial charge in [0.1, 0.15) is 17.2 Å². The maximum atomic E-state index is 13.1. The summed E-state index contributed by atoms with van der Waals surface area (Å²) in [6.45, 7) is 5.09. The fraction of sp³-hybridized carbons (Fsp3) is 0.500. The lowest BCUT2D eigenvalue weighted by atomic mass is 9.81. The second kappa shape index (κ2) is 9.13. The van der Waals surface area contributed by atoms with E-state index in [2.05, 4.69) is 10.3 Å². The van der Waals surface area contributed by atoms with Gasteiger partial charge in [-0.25, -0.2) is 9.78 Å². The van der Waals surface area contributed by atoms with Crippen LogP contribution in [0.3, 0.4) is 0 Å². The topological polar surface area (TPSA) is 73.2 Å². The molecule has 1 fully saturated rings. The maximum Gasteiger partial charge on any atom is 0.413 e. The third-order valence-corrected chi connectivity index (χ3v) is 5.47. The summed E-state index contributed by atoms with van der Waals surface area (Å²) >= 11 is 5.95. The first kappa shape index (κ1) is 24.1. The lowest BCUT2D eigenvalue weighted by Gasteiger charge is -2.30. The second-order valence-corrected chi connectivity index (χ2v) is 9.30. The number of carbonyl (C=O) groups is 1. The molecule has 174 valence electrons. The third-order valence-electron chi connectivity index (χ3n) is 5.21. The van der Waals surface area contributed by atoms with E-state index in [4.69, 9.17) is 16.3 Å². The number of anilines is 1. The van der Waals surface area contributed by atoms with E-state index < -0.39 is 29.3 Å². The number of carbonyl (C=O) groups excluding carboxylic acids is 1. The first-order chi connectivity index (χ1) is 14.8. The van der Waals surface area contributed by atoms with E-state index >= 15 is 0 Å². The monoisotopic (exact) mass is 471 g/mol. The number of alkyl halides is 3. The van der Waals surface area contributed by atoms with Gasteiger partial charge in [-0.3, -0.25) is 14.7 Å². The average molecular weight is 472 g/mol. The molecule has 1 heterocycles. The zero-order chi connectivity index (χ0) is 23.7. The van der Waals surface area contributed by atoms with Crippen molar-refractivity contribution < 1.29 is 22.7 Å². The molecule has 0 unspecified atom stereocenters. The largest absolute Gasteiger partial charge is 0.444 e. The number of amides is 1. The van der Waals surface area contributed by atoms with Crippen LogP contribution >= 0.6 is 11.6 Å². The van der Waals surface area contributed by atoms with Gasteiger partial charge >= 0.3 is 12.3 Å². The predicted molar refractivity (Wildman–Crippen MR) is 115 cm³/mol. The van der Waals surface area contributed by atoms with E-state index in [9.17, 15) is 22.8 Å². The summed E-state index contributed by atoms with van der Waals surface area (Å²) in [5, 5.41) is 2.93. The molecule has 2 aromatic rings. The van der Waals surface area contributed by atoms with E-state index in [1.165, 1.54) is 4.57 Å². The van der Waals surface area contributed by atoms with E-state index in [0.29, 0.717) is 16.5 Å². The molecule has 0 spiro atoms. The number of halogens is 4. The molecule has 0 aliphatic heterocycles. The Morgan fingerprint density at radius 2 is 1.72 bits per heavy atom. The first-order valence-electron chi connectivity index (χ1n) is 10.3. The molecule has 0 saturated heterocycles. The highest BCUT2D eigenvalue weighted by atomic mass is 35.5. The molecule has 1 saturated carbocycles. The summed E-state index contributed by atoms with van der Waals surface area (Å²) in [5.74, 6) is -1.45. The Morgan fingerprint density at radius 1 is 1.12 bits per heavy atom. The Bertz CT molecular complexity index is 1020. The quantitative estimate of drug-likeness (QED) is 0.589. The number of aromatic nitrogens is 2. The molecule has 1 aliphatic carbocycles. The fourth-order valence-electron chi connectivity index (χ4n) is 3.77. The van der Waals surface area contributed by atoms with Crippen LogP contribution in [0.25, 0.3) is 5.69 Å². The molecule has 1 aromatic carbocycles. The number of nitrogens with one attached hydrogen (secondary N) is 1. The Hall–Kier alpha value is -2.55. The van der Waals surface area contributed by atoms with Crippen molar-refractivity contribution in [3.63, 3.8) is 0 Å². The van der Waals surface area contributed by atoms with E-state index in [-0.39, 0.29) is 37.4 Å². The minimum atomic E-state index is -4.24. The average Bonchev–Trinajstić information content (AvgIpc) is 2.66. The number of hydrogen-bond acceptors (Lipinski definition) is 4. The molecule has 6 nitrogen and oxygen atoms in total. The molecule has 32 heavy (non-hydrogen) atoms. The summed E-state index contributed by atoms with van der Waals surface area (Å²) in [5.41, 5.74) is -0.730. The van der Waals surface area contributed by atoms with Crippen LogP contribution in [0, 0.1) is 5.92 Å². The third kappa shape index (κ3) is 6.03. The van der Waals surface area contributed by atoms with Crippen LogP contribution in [0.15, 0.2) is 35.1 Å². The van der Waals surface area contributed by atoms with E-state index in [1.54, 1.807) is 45.0 Å². The molecule has 1 aliphatic rings. The standard InChI is InChI=1S/C22H25ClF3N3O3/c1-21(2,3)32-20(31)28-17-12-18(30)29(16-10-8-15(23)9-11-16)19(27-17)13-4-6-14(7-5-13)22(24,25)26/h8-14H,4-7H2,1-3H3,(H,28,31)/t13-,14+. The van der Waals surface area contributed by atoms with Gasteiger partial charge in [0.2, 0.25) is 0 Å². The van der Waals surface area contributed by atoms with Gasteiger partial charge in [0.15, 0.2) is 0 Å². The van der Waals surface area contributed by atoms with Crippen molar-refractivity contribution in [3.05, 3.63) is 51.5 Å². The van der Waals surface area contributed by atoms with Crippen LogP contribution in [-0.2, 0) is 4.74 Å². The predicted octanol–water partition coefficient (Wildman–Crippen LogP) is 6.07. The molecular weight excluding hydrogens is 447 g/mol. The number of hydrogen-bond donors (Lipinski definition) is 1. The van der Waals surface area contributed by atoms with Crippen LogP contribution in [0.5, 0.6) is 0 Å². The molecule has 1 N–H and O–H groups in total. The van der Waals surface area contributed by atoms with Gasteiger partial charge in [-0.05, 0) is 70.7 Å².